The third-order valence-corrected chi connectivity index (χ3v) is 2.73. The van der Waals surface area contributed by atoms with Gasteiger partial charge in [0.2, 0.25) is 0 Å². The second-order valence-electron chi connectivity index (χ2n) is 3.72. The van der Waals surface area contributed by atoms with E-state index in [1.54, 1.807) is 12.1 Å². The molecule has 0 bridgehead atoms. The Labute approximate surface area is 93.0 Å². The Hall–Kier alpha value is -1.88. The largest absolute Gasteiger partial charge is 0.330 e. The van der Waals surface area contributed by atoms with Crippen LogP contribution in [-0.4, -0.2) is 18.5 Å². The molecule has 3 amide bonds. The topological polar surface area (TPSA) is 84.2 Å². The van der Waals surface area contributed by atoms with E-state index in [0.29, 0.717) is 13.0 Å². The van der Waals surface area contributed by atoms with E-state index in [1.165, 1.54) is 0 Å². The van der Waals surface area contributed by atoms with E-state index in [9.17, 15) is 9.59 Å². The molecular formula is C11H13N3O2. The van der Waals surface area contributed by atoms with Crippen LogP contribution in [0.25, 0.3) is 0 Å². The summed E-state index contributed by atoms with van der Waals surface area (Å²) in [7, 11) is 0. The van der Waals surface area contributed by atoms with Gasteiger partial charge in [0.1, 0.15) is 5.54 Å². The highest BCUT2D eigenvalue weighted by Gasteiger charge is 2.46. The van der Waals surface area contributed by atoms with Crippen LogP contribution in [-0.2, 0) is 10.3 Å². The van der Waals surface area contributed by atoms with Crippen molar-refractivity contribution in [1.29, 1.82) is 0 Å². The summed E-state index contributed by atoms with van der Waals surface area (Å²) in [5.41, 5.74) is 5.25. The van der Waals surface area contributed by atoms with Gasteiger partial charge in [-0.1, -0.05) is 30.3 Å². The van der Waals surface area contributed by atoms with E-state index in [-0.39, 0.29) is 5.91 Å². The van der Waals surface area contributed by atoms with Crippen LogP contribution in [0.15, 0.2) is 30.3 Å². The van der Waals surface area contributed by atoms with Crippen LogP contribution in [0.1, 0.15) is 12.0 Å². The Bertz CT molecular complexity index is 418. The highest BCUT2D eigenvalue weighted by atomic mass is 16.2. The molecular weight excluding hydrogens is 206 g/mol. The molecule has 1 aliphatic heterocycles. The maximum atomic E-state index is 11.8. The third-order valence-electron chi connectivity index (χ3n) is 2.73. The van der Waals surface area contributed by atoms with E-state index in [2.05, 4.69) is 10.6 Å². The maximum Gasteiger partial charge on any atom is 0.322 e. The fourth-order valence-electron chi connectivity index (χ4n) is 1.95. The summed E-state index contributed by atoms with van der Waals surface area (Å²) in [5.74, 6) is -0.339. The molecule has 1 fully saturated rings. The molecule has 1 aromatic rings. The number of rotatable bonds is 3. The quantitative estimate of drug-likeness (QED) is 0.629. The fraction of sp³-hybridized carbons (Fsp3) is 0.273. The molecule has 0 saturated carbocycles. The lowest BCUT2D eigenvalue weighted by atomic mass is 9.87. The first kappa shape index (κ1) is 10.6. The molecule has 1 aliphatic rings. The first-order chi connectivity index (χ1) is 7.69. The van der Waals surface area contributed by atoms with Crippen molar-refractivity contribution in [2.24, 2.45) is 5.73 Å². The number of nitrogens with one attached hydrogen (secondary N) is 2. The van der Waals surface area contributed by atoms with Crippen molar-refractivity contribution < 1.29 is 9.59 Å². The molecule has 1 aromatic carbocycles. The maximum absolute atomic E-state index is 11.8. The van der Waals surface area contributed by atoms with Gasteiger partial charge in [-0.15, -0.1) is 0 Å². The molecule has 1 saturated heterocycles. The van der Waals surface area contributed by atoms with E-state index in [0.717, 1.165) is 5.56 Å². The smallest absolute Gasteiger partial charge is 0.322 e. The minimum absolute atomic E-state index is 0.322. The Balaban J connectivity index is 2.44. The summed E-state index contributed by atoms with van der Waals surface area (Å²) >= 11 is 0. The minimum Gasteiger partial charge on any atom is -0.330 e. The number of nitrogens with two attached hydrogens (primary N) is 1. The summed E-state index contributed by atoms with van der Waals surface area (Å²) < 4.78 is 0. The molecule has 0 radical (unpaired) electrons. The summed E-state index contributed by atoms with van der Waals surface area (Å²) in [6.45, 7) is 0.322. The van der Waals surface area contributed by atoms with Crippen LogP contribution < -0.4 is 16.4 Å². The number of carbonyl (C=O) groups is 2. The molecule has 5 heteroatoms. The second kappa shape index (κ2) is 3.94. The monoisotopic (exact) mass is 219 g/mol. The number of amides is 3. The number of hydrogen-bond acceptors (Lipinski definition) is 3. The lowest BCUT2D eigenvalue weighted by Crippen LogP contribution is -2.45. The average Bonchev–Trinajstić information content (AvgIpc) is 2.57. The molecule has 0 aliphatic carbocycles. The van der Waals surface area contributed by atoms with Gasteiger partial charge in [0.05, 0.1) is 0 Å². The number of hydrogen-bond donors (Lipinski definition) is 3. The van der Waals surface area contributed by atoms with Gasteiger partial charge in [0, 0.05) is 0 Å². The van der Waals surface area contributed by atoms with Crippen molar-refractivity contribution >= 4 is 11.9 Å². The highest BCUT2D eigenvalue weighted by molar-refractivity contribution is 6.07. The van der Waals surface area contributed by atoms with Crippen LogP contribution in [0.2, 0.25) is 0 Å². The normalized spacial score (nSPS) is 24.1. The van der Waals surface area contributed by atoms with Crippen molar-refractivity contribution in [3.05, 3.63) is 35.9 Å². The zero-order chi connectivity index (χ0) is 11.6. The lowest BCUT2D eigenvalue weighted by Gasteiger charge is -2.25. The molecule has 0 aromatic heterocycles. The molecule has 1 atom stereocenters. The molecule has 1 heterocycles. The standard InChI is InChI=1S/C11H13N3O2/c12-7-6-11(8-4-2-1-3-5-8)9(15)13-10(16)14-11/h1-5H,6-7,12H2,(H2,13,14,15,16)/t11-/m1/s1. The third kappa shape index (κ3) is 1.55. The van der Waals surface area contributed by atoms with E-state index in [1.807, 2.05) is 18.2 Å². The summed E-state index contributed by atoms with van der Waals surface area (Å²) in [6, 6.07) is 8.65. The van der Waals surface area contributed by atoms with Crippen molar-refractivity contribution in [3.63, 3.8) is 0 Å². The fourth-order valence-corrected chi connectivity index (χ4v) is 1.95. The van der Waals surface area contributed by atoms with E-state index < -0.39 is 11.6 Å². The SMILES string of the molecule is NCC[C@]1(c2ccccc2)NC(=O)NC1=O. The molecule has 5 nitrogen and oxygen atoms in total. The molecule has 84 valence electrons. The van der Waals surface area contributed by atoms with Crippen LogP contribution in [0.5, 0.6) is 0 Å². The zero-order valence-corrected chi connectivity index (χ0v) is 8.69. The van der Waals surface area contributed by atoms with Crippen LogP contribution >= 0.6 is 0 Å². The minimum atomic E-state index is -1.01. The second-order valence-corrected chi connectivity index (χ2v) is 3.72. The van der Waals surface area contributed by atoms with Gasteiger partial charge in [-0.2, -0.15) is 0 Å². The van der Waals surface area contributed by atoms with Crippen molar-refractivity contribution in [3.8, 4) is 0 Å². The van der Waals surface area contributed by atoms with Gasteiger partial charge >= 0.3 is 6.03 Å². The molecule has 0 unspecified atom stereocenters. The lowest BCUT2D eigenvalue weighted by molar-refractivity contribution is -0.124. The first-order valence-corrected chi connectivity index (χ1v) is 5.08. The van der Waals surface area contributed by atoms with Gasteiger partial charge in [0.25, 0.3) is 5.91 Å². The Morgan fingerprint density at radius 1 is 1.19 bits per heavy atom. The molecule has 0 spiro atoms. The Morgan fingerprint density at radius 3 is 2.38 bits per heavy atom. The molecule has 16 heavy (non-hydrogen) atoms. The predicted octanol–water partition coefficient (Wildman–Crippen LogP) is 0.0701. The Kier molecular flexibility index (Phi) is 2.62. The van der Waals surface area contributed by atoms with Crippen LogP contribution in [0.3, 0.4) is 0 Å². The summed E-state index contributed by atoms with van der Waals surface area (Å²) in [4.78, 5) is 23.1. The molecule has 4 N–H and O–H groups in total. The van der Waals surface area contributed by atoms with E-state index >= 15 is 0 Å². The van der Waals surface area contributed by atoms with Gasteiger partial charge in [0.15, 0.2) is 0 Å². The van der Waals surface area contributed by atoms with Crippen LogP contribution in [0, 0.1) is 0 Å². The number of urea groups is 1. The van der Waals surface area contributed by atoms with E-state index in [4.69, 9.17) is 5.73 Å². The van der Waals surface area contributed by atoms with Gasteiger partial charge < -0.3 is 11.1 Å². The van der Waals surface area contributed by atoms with Crippen LogP contribution in [0.4, 0.5) is 4.79 Å². The van der Waals surface area contributed by atoms with Gasteiger partial charge in [-0.25, -0.2) is 4.79 Å². The highest BCUT2D eigenvalue weighted by Crippen LogP contribution is 2.27. The van der Waals surface area contributed by atoms with Crippen molar-refractivity contribution in [1.82, 2.24) is 10.6 Å². The number of imide groups is 1. The summed E-state index contributed by atoms with van der Waals surface area (Å²) in [5, 5.41) is 4.90. The van der Waals surface area contributed by atoms with Gasteiger partial charge in [-0.3, -0.25) is 10.1 Å². The zero-order valence-electron chi connectivity index (χ0n) is 8.69. The number of benzene rings is 1. The predicted molar refractivity (Wildman–Crippen MR) is 58.5 cm³/mol. The van der Waals surface area contributed by atoms with Crippen molar-refractivity contribution in [2.75, 3.05) is 6.54 Å². The average molecular weight is 219 g/mol. The Morgan fingerprint density at radius 2 is 1.88 bits per heavy atom. The summed E-state index contributed by atoms with van der Waals surface area (Å²) in [6.07, 6.45) is 0.384. The number of carbonyl (C=O) groups excluding carboxylic acids is 2. The van der Waals surface area contributed by atoms with Gasteiger partial charge in [-0.05, 0) is 18.5 Å². The first-order valence-electron chi connectivity index (χ1n) is 5.08. The molecule has 2 rings (SSSR count). The van der Waals surface area contributed by atoms with Crippen molar-refractivity contribution in [2.45, 2.75) is 12.0 Å².